The number of H-pyrrole nitrogens is 1. The molecule has 4 nitrogen and oxygen atoms in total. The monoisotopic (exact) mass is 214 g/mol. The van der Waals surface area contributed by atoms with Gasteiger partial charge < -0.3 is 10.3 Å². The van der Waals surface area contributed by atoms with Crippen LogP contribution in [-0.2, 0) is 6.42 Å². The number of pyridine rings is 1. The van der Waals surface area contributed by atoms with Crippen molar-refractivity contribution in [2.75, 3.05) is 6.54 Å². The summed E-state index contributed by atoms with van der Waals surface area (Å²) in [4.78, 5) is 12.0. The molecule has 0 saturated heterocycles. The Morgan fingerprint density at radius 3 is 3.19 bits per heavy atom. The van der Waals surface area contributed by atoms with Crippen molar-refractivity contribution in [1.82, 2.24) is 20.3 Å². The fraction of sp³-hybridized carbons (Fsp3) is 0.333. The second-order valence-corrected chi connectivity index (χ2v) is 4.11. The van der Waals surface area contributed by atoms with Crippen LogP contribution in [0.25, 0.3) is 0 Å². The largest absolute Gasteiger partial charge is 0.346 e. The van der Waals surface area contributed by atoms with E-state index in [4.69, 9.17) is 0 Å². The van der Waals surface area contributed by atoms with E-state index in [0.29, 0.717) is 0 Å². The first-order valence-corrected chi connectivity index (χ1v) is 5.53. The highest BCUT2D eigenvalue weighted by Crippen LogP contribution is 2.26. The first kappa shape index (κ1) is 9.54. The van der Waals surface area contributed by atoms with Crippen molar-refractivity contribution in [3.05, 3.63) is 47.3 Å². The third-order valence-corrected chi connectivity index (χ3v) is 2.94. The number of hydrogen-bond donors (Lipinski definition) is 2. The van der Waals surface area contributed by atoms with Crippen LogP contribution in [0, 0.1) is 6.92 Å². The Bertz CT molecular complexity index is 489. The lowest BCUT2D eigenvalue weighted by atomic mass is 10.00. The van der Waals surface area contributed by atoms with Crippen LogP contribution in [0.4, 0.5) is 0 Å². The molecule has 2 N–H and O–H groups in total. The molecule has 3 rings (SSSR count). The molecule has 2 aromatic rings. The fourth-order valence-electron chi connectivity index (χ4n) is 2.25. The highest BCUT2D eigenvalue weighted by Gasteiger charge is 2.24. The second-order valence-electron chi connectivity index (χ2n) is 4.11. The Balaban J connectivity index is 2.05. The number of nitrogens with zero attached hydrogens (tertiary/aromatic N) is 2. The quantitative estimate of drug-likeness (QED) is 0.753. The van der Waals surface area contributed by atoms with E-state index in [2.05, 4.69) is 26.3 Å². The molecule has 0 aliphatic carbocycles. The fourth-order valence-corrected chi connectivity index (χ4v) is 2.25. The van der Waals surface area contributed by atoms with Crippen molar-refractivity contribution < 1.29 is 0 Å². The zero-order valence-corrected chi connectivity index (χ0v) is 9.20. The molecule has 0 aromatic carbocycles. The standard InChI is InChI=1S/C12H14N4/c1-8-15-10-4-6-14-11(12(10)16-8)9-3-2-5-13-7-9/h2-3,5,7,11,14H,4,6H2,1H3,(H,15,16). The number of aryl methyl sites for hydroxylation is 1. The summed E-state index contributed by atoms with van der Waals surface area (Å²) < 4.78 is 0. The molecule has 0 amide bonds. The van der Waals surface area contributed by atoms with E-state index in [1.165, 1.54) is 11.3 Å². The lowest BCUT2D eigenvalue weighted by molar-refractivity contribution is 0.552. The van der Waals surface area contributed by atoms with Crippen molar-refractivity contribution >= 4 is 0 Å². The maximum atomic E-state index is 4.56. The van der Waals surface area contributed by atoms with E-state index in [0.717, 1.165) is 24.5 Å². The first-order valence-electron chi connectivity index (χ1n) is 5.53. The van der Waals surface area contributed by atoms with Gasteiger partial charge in [0.2, 0.25) is 0 Å². The molecule has 0 bridgehead atoms. The Hall–Kier alpha value is -1.68. The summed E-state index contributed by atoms with van der Waals surface area (Å²) in [5.74, 6) is 0.989. The minimum atomic E-state index is 0.183. The highest BCUT2D eigenvalue weighted by molar-refractivity contribution is 5.31. The Morgan fingerprint density at radius 1 is 1.44 bits per heavy atom. The molecule has 4 heteroatoms. The molecule has 1 unspecified atom stereocenters. The predicted octanol–water partition coefficient (Wildman–Crippen LogP) is 1.35. The van der Waals surface area contributed by atoms with Crippen LogP contribution in [0.5, 0.6) is 0 Å². The van der Waals surface area contributed by atoms with Crippen molar-refractivity contribution in [1.29, 1.82) is 0 Å². The maximum Gasteiger partial charge on any atom is 0.103 e. The smallest absolute Gasteiger partial charge is 0.103 e. The van der Waals surface area contributed by atoms with Gasteiger partial charge in [0, 0.05) is 31.1 Å². The Morgan fingerprint density at radius 2 is 2.38 bits per heavy atom. The van der Waals surface area contributed by atoms with Gasteiger partial charge in [0.05, 0.1) is 11.7 Å². The first-order chi connectivity index (χ1) is 7.84. The molecule has 82 valence electrons. The number of imidazole rings is 1. The van der Waals surface area contributed by atoms with Crippen LogP contribution in [0.3, 0.4) is 0 Å². The third-order valence-electron chi connectivity index (χ3n) is 2.94. The third kappa shape index (κ3) is 1.51. The molecule has 1 aliphatic heterocycles. The molecule has 1 aliphatic rings. The van der Waals surface area contributed by atoms with Gasteiger partial charge in [-0.15, -0.1) is 0 Å². The van der Waals surface area contributed by atoms with Crippen LogP contribution >= 0.6 is 0 Å². The summed E-state index contributed by atoms with van der Waals surface area (Å²) in [6.07, 6.45) is 4.72. The summed E-state index contributed by atoms with van der Waals surface area (Å²) in [7, 11) is 0. The topological polar surface area (TPSA) is 53.6 Å². The van der Waals surface area contributed by atoms with Gasteiger partial charge in [-0.05, 0) is 18.6 Å². The van der Waals surface area contributed by atoms with Crippen LogP contribution in [0.2, 0.25) is 0 Å². The molecule has 0 spiro atoms. The summed E-state index contributed by atoms with van der Waals surface area (Å²) >= 11 is 0. The van der Waals surface area contributed by atoms with E-state index in [9.17, 15) is 0 Å². The normalized spacial score (nSPS) is 19.4. The van der Waals surface area contributed by atoms with Gasteiger partial charge in [0.1, 0.15) is 5.82 Å². The molecule has 2 aromatic heterocycles. The van der Waals surface area contributed by atoms with E-state index < -0.39 is 0 Å². The van der Waals surface area contributed by atoms with Crippen molar-refractivity contribution in [2.24, 2.45) is 0 Å². The van der Waals surface area contributed by atoms with Gasteiger partial charge in [-0.2, -0.15) is 0 Å². The number of aromatic amines is 1. The molecular weight excluding hydrogens is 200 g/mol. The van der Waals surface area contributed by atoms with E-state index in [1.807, 2.05) is 19.2 Å². The van der Waals surface area contributed by atoms with Crippen LogP contribution < -0.4 is 5.32 Å². The summed E-state index contributed by atoms with van der Waals surface area (Å²) in [6, 6.07) is 4.23. The molecule has 16 heavy (non-hydrogen) atoms. The zero-order chi connectivity index (χ0) is 11.0. The molecule has 0 fully saturated rings. The van der Waals surface area contributed by atoms with E-state index in [-0.39, 0.29) is 6.04 Å². The second kappa shape index (κ2) is 3.72. The van der Waals surface area contributed by atoms with Gasteiger partial charge >= 0.3 is 0 Å². The van der Waals surface area contributed by atoms with Gasteiger partial charge in [0.15, 0.2) is 0 Å². The highest BCUT2D eigenvalue weighted by atomic mass is 15.0. The maximum absolute atomic E-state index is 4.56. The molecule has 0 saturated carbocycles. The number of nitrogens with one attached hydrogen (secondary N) is 2. The number of fused-ring (bicyclic) bond motifs is 1. The number of hydrogen-bond acceptors (Lipinski definition) is 3. The SMILES string of the molecule is Cc1nc2c([nH]1)CCNC2c1cccnc1. The average molecular weight is 214 g/mol. The van der Waals surface area contributed by atoms with Crippen LogP contribution in [-0.4, -0.2) is 21.5 Å². The average Bonchev–Trinajstić information content (AvgIpc) is 2.70. The van der Waals surface area contributed by atoms with Gasteiger partial charge in [-0.25, -0.2) is 4.98 Å². The van der Waals surface area contributed by atoms with E-state index >= 15 is 0 Å². The van der Waals surface area contributed by atoms with Gasteiger partial charge in [-0.3, -0.25) is 4.98 Å². The minimum absolute atomic E-state index is 0.183. The Kier molecular flexibility index (Phi) is 2.22. The van der Waals surface area contributed by atoms with E-state index in [1.54, 1.807) is 6.20 Å². The summed E-state index contributed by atoms with van der Waals surface area (Å²) in [5, 5.41) is 3.48. The molecule has 3 heterocycles. The van der Waals surface area contributed by atoms with Crippen LogP contribution in [0.1, 0.15) is 28.8 Å². The summed E-state index contributed by atoms with van der Waals surface area (Å²) in [5.41, 5.74) is 3.55. The van der Waals surface area contributed by atoms with Crippen molar-refractivity contribution in [3.8, 4) is 0 Å². The van der Waals surface area contributed by atoms with Gasteiger partial charge in [-0.1, -0.05) is 6.07 Å². The lowest BCUT2D eigenvalue weighted by Crippen LogP contribution is -2.30. The Labute approximate surface area is 94.1 Å². The predicted molar refractivity (Wildman–Crippen MR) is 61.1 cm³/mol. The van der Waals surface area contributed by atoms with Crippen molar-refractivity contribution in [2.45, 2.75) is 19.4 Å². The van der Waals surface area contributed by atoms with Gasteiger partial charge in [0.25, 0.3) is 0 Å². The molecule has 0 radical (unpaired) electrons. The lowest BCUT2D eigenvalue weighted by Gasteiger charge is -2.22. The minimum Gasteiger partial charge on any atom is -0.346 e. The van der Waals surface area contributed by atoms with Crippen molar-refractivity contribution in [3.63, 3.8) is 0 Å². The zero-order valence-electron chi connectivity index (χ0n) is 9.20. The number of aromatic nitrogens is 3. The summed E-state index contributed by atoms with van der Waals surface area (Å²) in [6.45, 7) is 2.98. The van der Waals surface area contributed by atoms with Crippen LogP contribution in [0.15, 0.2) is 24.5 Å². The number of rotatable bonds is 1. The molecular formula is C12H14N4. The molecule has 1 atom stereocenters.